The monoisotopic (exact) mass is 592 g/mol. The van der Waals surface area contributed by atoms with Gasteiger partial charge in [0.15, 0.2) is 16.5 Å². The van der Waals surface area contributed by atoms with Crippen LogP contribution in [0, 0.1) is 43.9 Å². The van der Waals surface area contributed by atoms with Crippen LogP contribution in [0.1, 0.15) is 54.1 Å². The number of hydrogen-bond donors (Lipinski definition) is 4. The third-order valence-electron chi connectivity index (χ3n) is 6.35. The van der Waals surface area contributed by atoms with Gasteiger partial charge in [0, 0.05) is 68.0 Å². The lowest BCUT2D eigenvalue weighted by molar-refractivity contribution is -0.399. The molecule has 0 heterocycles. The van der Waals surface area contributed by atoms with E-state index in [4.69, 9.17) is 11.5 Å². The van der Waals surface area contributed by atoms with E-state index in [1.165, 1.54) is 24.3 Å². The second-order valence-corrected chi connectivity index (χ2v) is 9.95. The van der Waals surface area contributed by atoms with E-state index in [0.29, 0.717) is 33.0 Å². The van der Waals surface area contributed by atoms with E-state index in [-0.39, 0.29) is 38.5 Å². The van der Waals surface area contributed by atoms with Gasteiger partial charge in [-0.25, -0.2) is 0 Å². The summed E-state index contributed by atoms with van der Waals surface area (Å²) in [6.45, 7) is 0. The maximum atomic E-state index is 13.3. The molecule has 0 bridgehead atoms. The van der Waals surface area contributed by atoms with E-state index >= 15 is 0 Å². The van der Waals surface area contributed by atoms with Gasteiger partial charge in [0.25, 0.3) is 11.4 Å². The summed E-state index contributed by atoms with van der Waals surface area (Å²) in [4.78, 5) is 47.8. The number of fused-ring (bicyclic) bond motifs is 2. The molecule has 1 aliphatic carbocycles. The van der Waals surface area contributed by atoms with E-state index in [9.17, 15) is 29.8 Å². The Balaban J connectivity index is 1.47. The molecule has 204 valence electrons. The molecule has 0 aromatic heterocycles. The number of hydrogen-bond acceptors (Lipinski definition) is 10. The minimum atomic E-state index is -0.788. The number of carbonyl (C=O) groups is 2. The van der Waals surface area contributed by atoms with E-state index in [2.05, 4.69) is 48.9 Å². The molecule has 0 radical (unpaired) electrons. The zero-order valence-electron chi connectivity index (χ0n) is 21.2. The molecule has 0 saturated carbocycles. The summed E-state index contributed by atoms with van der Waals surface area (Å²) < 4.78 is 0. The van der Waals surface area contributed by atoms with Crippen molar-refractivity contribution < 1.29 is 19.4 Å². The molecule has 1 aliphatic rings. The van der Waals surface area contributed by atoms with Crippen molar-refractivity contribution in [3.63, 3.8) is 0 Å². The van der Waals surface area contributed by atoms with Gasteiger partial charge < -0.3 is 11.5 Å². The van der Waals surface area contributed by atoms with Crippen molar-refractivity contribution in [1.29, 1.82) is 0 Å². The van der Waals surface area contributed by atoms with Gasteiger partial charge in [-0.15, -0.1) is 25.3 Å². The molecule has 0 fully saturated rings. The molecule has 42 heavy (non-hydrogen) atoms. The Morgan fingerprint density at radius 1 is 0.548 bits per heavy atom. The Hall–Kier alpha value is -5.56. The zero-order chi connectivity index (χ0) is 30.3. The Bertz CT molecular complexity index is 1990. The van der Waals surface area contributed by atoms with E-state index < -0.39 is 27.0 Å². The van der Waals surface area contributed by atoms with Crippen molar-refractivity contribution in [3.05, 3.63) is 125 Å². The summed E-state index contributed by atoms with van der Waals surface area (Å²) in [6, 6.07) is 14.5. The highest BCUT2D eigenvalue weighted by molar-refractivity contribution is 7.80. The average molecular weight is 593 g/mol. The summed E-state index contributed by atoms with van der Waals surface area (Å²) >= 11 is 8.13. The molecule has 0 spiro atoms. The molecule has 0 atom stereocenters. The third-order valence-corrected chi connectivity index (χ3v) is 7.33. The van der Waals surface area contributed by atoms with Crippen molar-refractivity contribution in [2.75, 3.05) is 11.5 Å². The van der Waals surface area contributed by atoms with Crippen molar-refractivity contribution in [3.8, 4) is 23.7 Å². The Labute approximate surface area is 248 Å². The largest absolute Gasteiger partial charge is 0.398 e. The van der Waals surface area contributed by atoms with Gasteiger partial charge in [0.05, 0.1) is 14.7 Å². The first kappa shape index (κ1) is 28.0. The van der Waals surface area contributed by atoms with Gasteiger partial charge in [-0.05, 0) is 48.5 Å². The molecular formula is C30H16N4O6S2. The van der Waals surface area contributed by atoms with Crippen LogP contribution in [0.2, 0.25) is 0 Å². The van der Waals surface area contributed by atoms with Crippen molar-refractivity contribution >= 4 is 59.6 Å². The first-order chi connectivity index (χ1) is 19.9. The van der Waals surface area contributed by atoms with Gasteiger partial charge in [0.2, 0.25) is 0 Å². The Morgan fingerprint density at radius 3 is 1.33 bits per heavy atom. The average Bonchev–Trinajstić information content (AvgIpc) is 2.96. The van der Waals surface area contributed by atoms with Crippen LogP contribution in [0.5, 0.6) is 0 Å². The van der Waals surface area contributed by atoms with Crippen LogP contribution < -0.4 is 11.5 Å². The van der Waals surface area contributed by atoms with Gasteiger partial charge in [-0.3, -0.25) is 29.8 Å². The predicted octanol–water partition coefficient (Wildman–Crippen LogP) is 4.82. The third kappa shape index (κ3) is 5.15. The number of anilines is 2. The number of nitrogens with zero attached hydrogens (tertiary/aromatic N) is 2. The van der Waals surface area contributed by atoms with E-state index in [0.717, 1.165) is 12.1 Å². The smallest absolute Gasteiger partial charge is 0.290 e. The lowest BCUT2D eigenvalue weighted by Crippen LogP contribution is -2.21. The highest BCUT2D eigenvalue weighted by Crippen LogP contribution is 2.33. The SMILES string of the molecule is Nc1cc(C#Cc2ccc3c(c2)C(=O)c2ccc(C#Cc4cc([N+](=O)[O-])c(S)c([N+](=O)[O-])c4)cc2C3=O)cc(N)c1S. The van der Waals surface area contributed by atoms with Crippen LogP contribution in [0.3, 0.4) is 0 Å². The molecule has 0 unspecified atom stereocenters. The standard InChI is InChI=1S/C30H16N4O6S2/c31-23-11-17(12-24(32)29(23)41)3-1-15-5-7-19-21(9-15)27(35)20-8-6-16(10-22(20)28(19)36)2-4-18-13-25(33(37)38)30(42)26(14-18)34(39)40/h5-14,41-42H,31-32H2. The first-order valence-electron chi connectivity index (χ1n) is 11.9. The normalized spacial score (nSPS) is 11.4. The minimum Gasteiger partial charge on any atom is -0.398 e. The molecule has 4 aromatic rings. The lowest BCUT2D eigenvalue weighted by atomic mass is 9.82. The maximum absolute atomic E-state index is 13.3. The number of thiol groups is 2. The quantitative estimate of drug-likeness (QED) is 0.0742. The van der Waals surface area contributed by atoms with Crippen molar-refractivity contribution in [2.24, 2.45) is 0 Å². The molecule has 4 N–H and O–H groups in total. The van der Waals surface area contributed by atoms with Crippen LogP contribution in [-0.2, 0) is 0 Å². The van der Waals surface area contributed by atoms with Crippen LogP contribution in [-0.4, -0.2) is 21.4 Å². The summed E-state index contributed by atoms with van der Waals surface area (Å²) in [5.74, 6) is 10.5. The fraction of sp³-hybridized carbons (Fsp3) is 0. The summed E-state index contributed by atoms with van der Waals surface area (Å²) in [7, 11) is 0. The number of nitrogen functional groups attached to an aromatic ring is 2. The number of nitrogens with two attached hydrogens (primary N) is 2. The zero-order valence-corrected chi connectivity index (χ0v) is 23.0. The summed E-state index contributed by atoms with van der Waals surface area (Å²) in [6.07, 6.45) is 0. The fourth-order valence-corrected chi connectivity index (χ4v) is 4.72. The number of rotatable bonds is 2. The molecule has 12 heteroatoms. The van der Waals surface area contributed by atoms with Gasteiger partial charge >= 0.3 is 0 Å². The van der Waals surface area contributed by atoms with Crippen LogP contribution in [0.4, 0.5) is 22.7 Å². The van der Waals surface area contributed by atoms with Crippen LogP contribution in [0.25, 0.3) is 0 Å². The highest BCUT2D eigenvalue weighted by Gasteiger charge is 2.30. The number of carbonyl (C=O) groups excluding carboxylic acids is 2. The van der Waals surface area contributed by atoms with Crippen LogP contribution >= 0.6 is 25.3 Å². The minimum absolute atomic E-state index is 0.0113. The molecule has 0 aliphatic heterocycles. The molecule has 0 amide bonds. The number of nitro benzene ring substituents is 2. The summed E-state index contributed by atoms with van der Waals surface area (Å²) in [5, 5.41) is 22.6. The lowest BCUT2D eigenvalue weighted by Gasteiger charge is -2.17. The molecule has 5 rings (SSSR count). The molecule has 0 saturated heterocycles. The highest BCUT2D eigenvalue weighted by atomic mass is 32.1. The topological polar surface area (TPSA) is 172 Å². The Morgan fingerprint density at radius 2 is 0.929 bits per heavy atom. The second kappa shape index (κ2) is 10.8. The van der Waals surface area contributed by atoms with Crippen molar-refractivity contribution in [1.82, 2.24) is 0 Å². The van der Waals surface area contributed by atoms with Gasteiger partial charge in [-0.1, -0.05) is 23.7 Å². The van der Waals surface area contributed by atoms with Gasteiger partial charge in [0.1, 0.15) is 0 Å². The van der Waals surface area contributed by atoms with Crippen LogP contribution in [0.15, 0.2) is 70.5 Å². The number of ketones is 2. The Kier molecular flexibility index (Phi) is 7.18. The molecule has 4 aromatic carbocycles. The van der Waals surface area contributed by atoms with Crippen molar-refractivity contribution in [2.45, 2.75) is 9.79 Å². The second-order valence-electron chi connectivity index (χ2n) is 9.06. The molecule has 10 nitrogen and oxygen atoms in total. The summed E-state index contributed by atoms with van der Waals surface area (Å²) in [5.41, 5.74) is 13.5. The van der Waals surface area contributed by atoms with E-state index in [1.807, 2.05) is 0 Å². The van der Waals surface area contributed by atoms with Gasteiger partial charge in [-0.2, -0.15) is 0 Å². The fourth-order valence-electron chi connectivity index (χ4n) is 4.30. The first-order valence-corrected chi connectivity index (χ1v) is 12.8. The van der Waals surface area contributed by atoms with E-state index in [1.54, 1.807) is 24.3 Å². The molecular weight excluding hydrogens is 576 g/mol. The predicted molar refractivity (Wildman–Crippen MR) is 161 cm³/mol. The number of nitro groups is 2. The number of benzene rings is 4. The maximum Gasteiger partial charge on any atom is 0.290 e.